The fourth-order valence-corrected chi connectivity index (χ4v) is 2.40. The molecule has 21 heavy (non-hydrogen) atoms. The molecule has 0 radical (unpaired) electrons. The van der Waals surface area contributed by atoms with Crippen LogP contribution in [-0.4, -0.2) is 22.8 Å². The van der Waals surface area contributed by atoms with E-state index in [9.17, 15) is 4.79 Å². The highest BCUT2D eigenvalue weighted by atomic mass is 79.9. The van der Waals surface area contributed by atoms with E-state index >= 15 is 0 Å². The summed E-state index contributed by atoms with van der Waals surface area (Å²) in [6, 6.07) is 11.7. The number of hydrogen-bond donors (Lipinski definition) is 2. The normalized spacial score (nSPS) is 10.7. The number of rotatable bonds is 5. The lowest BCUT2D eigenvalue weighted by Crippen LogP contribution is -2.30. The van der Waals surface area contributed by atoms with Gasteiger partial charge in [-0.3, -0.25) is 20.1 Å². The molecule has 0 bridgehead atoms. The highest BCUT2D eigenvalue weighted by Crippen LogP contribution is 2.17. The topological polar surface area (TPSA) is 71.2 Å². The molecule has 0 aliphatic rings. The van der Waals surface area contributed by atoms with Crippen LogP contribution in [0.4, 0.5) is 0 Å². The number of hydrazine groups is 1. The van der Waals surface area contributed by atoms with E-state index in [1.807, 2.05) is 31.3 Å². The van der Waals surface area contributed by atoms with Crippen molar-refractivity contribution in [1.82, 2.24) is 15.3 Å². The first-order valence-electron chi connectivity index (χ1n) is 6.48. The SMILES string of the molecule is CN(Cc1ccc(C(=O)NN)cn1)Cc1ccccc1Br. The van der Waals surface area contributed by atoms with Crippen LogP contribution in [0.2, 0.25) is 0 Å². The Bertz CT molecular complexity index is 615. The van der Waals surface area contributed by atoms with E-state index in [2.05, 4.69) is 37.3 Å². The van der Waals surface area contributed by atoms with Crippen LogP contribution in [0.3, 0.4) is 0 Å². The molecular weight excluding hydrogens is 332 g/mol. The predicted molar refractivity (Wildman–Crippen MR) is 85.2 cm³/mol. The van der Waals surface area contributed by atoms with Crippen LogP contribution in [0.5, 0.6) is 0 Å². The van der Waals surface area contributed by atoms with Gasteiger partial charge in [0.05, 0.1) is 11.3 Å². The van der Waals surface area contributed by atoms with Crippen LogP contribution in [0.25, 0.3) is 0 Å². The first-order valence-corrected chi connectivity index (χ1v) is 7.27. The fraction of sp³-hybridized carbons (Fsp3) is 0.200. The van der Waals surface area contributed by atoms with Gasteiger partial charge in [0.25, 0.3) is 5.91 Å². The van der Waals surface area contributed by atoms with Gasteiger partial charge in [0.1, 0.15) is 0 Å². The van der Waals surface area contributed by atoms with Crippen molar-refractivity contribution >= 4 is 21.8 Å². The van der Waals surface area contributed by atoms with Crippen LogP contribution in [0, 0.1) is 0 Å². The molecular formula is C15H17BrN4O. The molecule has 0 fully saturated rings. The second-order valence-corrected chi connectivity index (χ2v) is 5.63. The van der Waals surface area contributed by atoms with Crippen molar-refractivity contribution in [2.45, 2.75) is 13.1 Å². The Balaban J connectivity index is 1.98. The van der Waals surface area contributed by atoms with Gasteiger partial charge in [0.2, 0.25) is 0 Å². The third kappa shape index (κ3) is 4.35. The van der Waals surface area contributed by atoms with Crippen molar-refractivity contribution < 1.29 is 4.79 Å². The number of amides is 1. The van der Waals surface area contributed by atoms with E-state index in [-0.39, 0.29) is 5.91 Å². The van der Waals surface area contributed by atoms with E-state index in [0.717, 1.165) is 16.7 Å². The molecule has 1 aromatic carbocycles. The lowest BCUT2D eigenvalue weighted by molar-refractivity contribution is 0.0953. The highest BCUT2D eigenvalue weighted by Gasteiger charge is 2.07. The Labute approximate surface area is 132 Å². The van der Waals surface area contributed by atoms with Gasteiger partial charge in [-0.15, -0.1) is 0 Å². The summed E-state index contributed by atoms with van der Waals surface area (Å²) >= 11 is 3.55. The van der Waals surface area contributed by atoms with Gasteiger partial charge in [-0.1, -0.05) is 34.1 Å². The second-order valence-electron chi connectivity index (χ2n) is 4.78. The van der Waals surface area contributed by atoms with Gasteiger partial charge in [0.15, 0.2) is 0 Å². The molecule has 3 N–H and O–H groups in total. The Morgan fingerprint density at radius 2 is 2.05 bits per heavy atom. The zero-order valence-electron chi connectivity index (χ0n) is 11.7. The zero-order valence-corrected chi connectivity index (χ0v) is 13.3. The van der Waals surface area contributed by atoms with Crippen LogP contribution in [0.1, 0.15) is 21.6 Å². The number of nitrogens with two attached hydrogens (primary N) is 1. The Kier molecular flexibility index (Phi) is 5.44. The van der Waals surface area contributed by atoms with Crippen LogP contribution < -0.4 is 11.3 Å². The summed E-state index contributed by atoms with van der Waals surface area (Å²) in [4.78, 5) is 17.8. The largest absolute Gasteiger partial charge is 0.296 e. The van der Waals surface area contributed by atoms with E-state index in [1.165, 1.54) is 11.8 Å². The standard InChI is InChI=1S/C15H17BrN4O/c1-20(9-12-4-2-3-5-14(12)16)10-13-7-6-11(8-18-13)15(21)19-17/h2-8H,9-10,17H2,1H3,(H,19,21). The summed E-state index contributed by atoms with van der Waals surface area (Å²) in [5.74, 6) is 4.75. The quantitative estimate of drug-likeness (QED) is 0.493. The third-order valence-electron chi connectivity index (χ3n) is 3.05. The Morgan fingerprint density at radius 1 is 1.29 bits per heavy atom. The van der Waals surface area contributed by atoms with E-state index in [0.29, 0.717) is 12.1 Å². The molecule has 0 saturated heterocycles. The van der Waals surface area contributed by atoms with Crippen molar-refractivity contribution in [3.8, 4) is 0 Å². The Hall–Kier alpha value is -1.76. The van der Waals surface area contributed by atoms with Gasteiger partial charge >= 0.3 is 0 Å². The minimum absolute atomic E-state index is 0.337. The molecule has 5 nitrogen and oxygen atoms in total. The average Bonchev–Trinajstić information content (AvgIpc) is 2.49. The molecule has 1 heterocycles. The number of hydrogen-bond acceptors (Lipinski definition) is 4. The van der Waals surface area contributed by atoms with Crippen molar-refractivity contribution in [2.75, 3.05) is 7.05 Å². The molecule has 2 rings (SSSR count). The summed E-state index contributed by atoms with van der Waals surface area (Å²) in [7, 11) is 2.03. The van der Waals surface area contributed by atoms with Crippen LogP contribution in [-0.2, 0) is 13.1 Å². The summed E-state index contributed by atoms with van der Waals surface area (Å²) in [5.41, 5.74) is 4.66. The number of nitrogen functional groups attached to an aromatic ring is 1. The van der Waals surface area contributed by atoms with Crippen LogP contribution in [0.15, 0.2) is 47.1 Å². The molecule has 110 valence electrons. The smallest absolute Gasteiger partial charge is 0.266 e. The first kappa shape index (κ1) is 15.6. The van der Waals surface area contributed by atoms with E-state index in [1.54, 1.807) is 6.07 Å². The van der Waals surface area contributed by atoms with E-state index in [4.69, 9.17) is 5.84 Å². The second kappa shape index (κ2) is 7.31. The maximum absolute atomic E-state index is 11.3. The summed E-state index contributed by atoms with van der Waals surface area (Å²) in [6.07, 6.45) is 1.53. The molecule has 0 aliphatic carbocycles. The van der Waals surface area contributed by atoms with Gasteiger partial charge in [0, 0.05) is 23.8 Å². The molecule has 0 spiro atoms. The molecule has 6 heteroatoms. The number of carbonyl (C=O) groups is 1. The number of halogens is 1. The lowest BCUT2D eigenvalue weighted by Gasteiger charge is -2.17. The molecule has 0 unspecified atom stereocenters. The maximum Gasteiger partial charge on any atom is 0.266 e. The minimum atomic E-state index is -0.337. The van der Waals surface area contributed by atoms with E-state index < -0.39 is 0 Å². The number of aromatic nitrogens is 1. The van der Waals surface area contributed by atoms with Gasteiger partial charge in [-0.05, 0) is 30.8 Å². The molecule has 1 amide bonds. The Morgan fingerprint density at radius 3 is 2.67 bits per heavy atom. The molecule has 2 aromatic rings. The first-order chi connectivity index (χ1) is 10.1. The van der Waals surface area contributed by atoms with Crippen LogP contribution >= 0.6 is 15.9 Å². The van der Waals surface area contributed by atoms with Gasteiger partial charge < -0.3 is 0 Å². The average molecular weight is 349 g/mol. The van der Waals surface area contributed by atoms with Gasteiger partial charge in [-0.2, -0.15) is 0 Å². The third-order valence-corrected chi connectivity index (χ3v) is 3.82. The number of benzene rings is 1. The minimum Gasteiger partial charge on any atom is -0.296 e. The molecule has 0 saturated carbocycles. The number of nitrogens with one attached hydrogen (secondary N) is 1. The van der Waals surface area contributed by atoms with Crippen molar-refractivity contribution in [3.63, 3.8) is 0 Å². The molecule has 0 aliphatic heterocycles. The predicted octanol–water partition coefficient (Wildman–Crippen LogP) is 2.08. The molecule has 1 aromatic heterocycles. The van der Waals surface area contributed by atoms with Gasteiger partial charge in [-0.25, -0.2) is 5.84 Å². The fourth-order valence-electron chi connectivity index (χ4n) is 1.99. The van der Waals surface area contributed by atoms with Crippen molar-refractivity contribution in [2.24, 2.45) is 5.84 Å². The zero-order chi connectivity index (χ0) is 15.2. The number of carbonyl (C=O) groups excluding carboxylic acids is 1. The monoisotopic (exact) mass is 348 g/mol. The summed E-state index contributed by atoms with van der Waals surface area (Å²) in [6.45, 7) is 1.51. The lowest BCUT2D eigenvalue weighted by atomic mass is 10.2. The number of nitrogens with zero attached hydrogens (tertiary/aromatic N) is 2. The van der Waals surface area contributed by atoms with Crippen molar-refractivity contribution in [1.29, 1.82) is 0 Å². The number of pyridine rings is 1. The van der Waals surface area contributed by atoms with Crippen molar-refractivity contribution in [3.05, 3.63) is 63.9 Å². The maximum atomic E-state index is 11.3. The summed E-state index contributed by atoms with van der Waals surface area (Å²) < 4.78 is 1.10. The molecule has 0 atom stereocenters. The summed E-state index contributed by atoms with van der Waals surface area (Å²) in [5, 5.41) is 0. The highest BCUT2D eigenvalue weighted by molar-refractivity contribution is 9.10.